The topological polar surface area (TPSA) is 29.5 Å². The Labute approximate surface area is 157 Å². The van der Waals surface area contributed by atoms with Gasteiger partial charge in [-0.05, 0) is 54.7 Å². The molecule has 1 N–H and O–H groups in total. The first-order valence-electron chi connectivity index (χ1n) is 9.18. The van der Waals surface area contributed by atoms with E-state index in [9.17, 15) is 18.3 Å². The second-order valence-electron chi connectivity index (χ2n) is 7.78. The highest BCUT2D eigenvalue weighted by Gasteiger charge is 2.52. The summed E-state index contributed by atoms with van der Waals surface area (Å²) in [6.07, 6.45) is -1.71. The van der Waals surface area contributed by atoms with Crippen molar-refractivity contribution in [3.8, 4) is 0 Å². The quantitative estimate of drug-likeness (QED) is 0.694. The SMILES string of the molecule is C=C(C)c1ccc2cccc(C3(OCC(C)(O)C(F)(F)F)CCCC3)c2c1. The van der Waals surface area contributed by atoms with Gasteiger partial charge < -0.3 is 9.84 Å². The molecule has 1 aliphatic rings. The molecule has 2 aromatic carbocycles. The normalized spacial score (nSPS) is 19.2. The molecule has 0 aliphatic heterocycles. The molecule has 1 aliphatic carbocycles. The molecule has 0 aromatic heterocycles. The summed E-state index contributed by atoms with van der Waals surface area (Å²) in [4.78, 5) is 0. The average Bonchev–Trinajstić information content (AvgIpc) is 3.08. The number of ether oxygens (including phenoxy) is 1. The predicted octanol–water partition coefficient (Wildman–Crippen LogP) is 5.97. The van der Waals surface area contributed by atoms with Crippen molar-refractivity contribution in [2.45, 2.75) is 56.9 Å². The van der Waals surface area contributed by atoms with Crippen LogP contribution < -0.4 is 0 Å². The minimum atomic E-state index is -4.74. The zero-order valence-electron chi connectivity index (χ0n) is 15.7. The number of fused-ring (bicyclic) bond motifs is 1. The molecule has 3 rings (SSSR count). The maximum atomic E-state index is 13.1. The Bertz CT molecular complexity index is 846. The van der Waals surface area contributed by atoms with Gasteiger partial charge in [0.2, 0.25) is 0 Å². The van der Waals surface area contributed by atoms with Crippen LogP contribution in [0.1, 0.15) is 50.7 Å². The van der Waals surface area contributed by atoms with E-state index in [0.29, 0.717) is 12.8 Å². The Balaban J connectivity index is 2.05. The number of hydrogen-bond acceptors (Lipinski definition) is 2. The molecule has 0 bridgehead atoms. The van der Waals surface area contributed by atoms with Crippen molar-refractivity contribution in [1.29, 1.82) is 0 Å². The fourth-order valence-electron chi connectivity index (χ4n) is 3.73. The number of alkyl halides is 3. The zero-order chi connectivity index (χ0) is 19.9. The fourth-order valence-corrected chi connectivity index (χ4v) is 3.73. The van der Waals surface area contributed by atoms with Crippen LogP contribution in [0.2, 0.25) is 0 Å². The minimum Gasteiger partial charge on any atom is -0.379 e. The first kappa shape index (κ1) is 19.9. The van der Waals surface area contributed by atoms with E-state index in [2.05, 4.69) is 6.58 Å². The third kappa shape index (κ3) is 3.76. The van der Waals surface area contributed by atoms with Gasteiger partial charge >= 0.3 is 6.18 Å². The Morgan fingerprint density at radius 3 is 2.44 bits per heavy atom. The summed E-state index contributed by atoms with van der Waals surface area (Å²) in [6, 6.07) is 11.8. The van der Waals surface area contributed by atoms with E-state index in [-0.39, 0.29) is 0 Å². The van der Waals surface area contributed by atoms with Gasteiger partial charge in [0.15, 0.2) is 5.60 Å². The van der Waals surface area contributed by atoms with Crippen molar-refractivity contribution >= 4 is 16.3 Å². The van der Waals surface area contributed by atoms with Gasteiger partial charge in [0.25, 0.3) is 0 Å². The number of rotatable bonds is 5. The van der Waals surface area contributed by atoms with Crippen LogP contribution in [0.25, 0.3) is 16.3 Å². The molecule has 2 aromatic rings. The summed E-state index contributed by atoms with van der Waals surface area (Å²) in [6.45, 7) is 5.88. The number of halogens is 3. The van der Waals surface area contributed by atoms with Crippen LogP contribution in [0, 0.1) is 0 Å². The molecule has 5 heteroatoms. The second-order valence-corrected chi connectivity index (χ2v) is 7.78. The van der Waals surface area contributed by atoms with E-state index >= 15 is 0 Å². The molecule has 2 nitrogen and oxygen atoms in total. The summed E-state index contributed by atoms with van der Waals surface area (Å²) >= 11 is 0. The van der Waals surface area contributed by atoms with Gasteiger partial charge in [0.05, 0.1) is 12.2 Å². The zero-order valence-corrected chi connectivity index (χ0v) is 15.7. The molecule has 0 spiro atoms. The second kappa shape index (κ2) is 6.95. The van der Waals surface area contributed by atoms with E-state index < -0.39 is 24.0 Å². The van der Waals surface area contributed by atoms with Crippen LogP contribution in [0.3, 0.4) is 0 Å². The Hall–Kier alpha value is -1.85. The molecule has 1 saturated carbocycles. The van der Waals surface area contributed by atoms with Crippen molar-refractivity contribution in [2.75, 3.05) is 6.61 Å². The molecule has 1 atom stereocenters. The van der Waals surface area contributed by atoms with Gasteiger partial charge in [0, 0.05) is 0 Å². The van der Waals surface area contributed by atoms with Gasteiger partial charge in [0.1, 0.15) is 0 Å². The van der Waals surface area contributed by atoms with E-state index in [1.807, 2.05) is 43.3 Å². The van der Waals surface area contributed by atoms with Crippen molar-refractivity contribution in [1.82, 2.24) is 0 Å². The molecule has 27 heavy (non-hydrogen) atoms. The van der Waals surface area contributed by atoms with Crippen molar-refractivity contribution in [3.63, 3.8) is 0 Å². The van der Waals surface area contributed by atoms with Gasteiger partial charge in [-0.1, -0.05) is 55.3 Å². The first-order chi connectivity index (χ1) is 12.6. The number of hydrogen-bond donors (Lipinski definition) is 1. The third-order valence-corrected chi connectivity index (χ3v) is 5.52. The summed E-state index contributed by atoms with van der Waals surface area (Å²) < 4.78 is 45.2. The van der Waals surface area contributed by atoms with E-state index in [1.165, 1.54) is 0 Å². The van der Waals surface area contributed by atoms with Crippen molar-refractivity contribution < 1.29 is 23.0 Å². The Morgan fingerprint density at radius 2 is 1.85 bits per heavy atom. The number of benzene rings is 2. The molecule has 0 saturated heterocycles. The summed E-state index contributed by atoms with van der Waals surface area (Å²) in [5.41, 5.74) is -0.893. The van der Waals surface area contributed by atoms with Crippen LogP contribution in [0.4, 0.5) is 13.2 Å². The summed E-state index contributed by atoms with van der Waals surface area (Å²) in [5.74, 6) is 0. The van der Waals surface area contributed by atoms with Crippen LogP contribution in [-0.2, 0) is 10.3 Å². The molecule has 146 valence electrons. The first-order valence-corrected chi connectivity index (χ1v) is 9.18. The van der Waals surface area contributed by atoms with Crippen LogP contribution >= 0.6 is 0 Å². The van der Waals surface area contributed by atoms with E-state index in [4.69, 9.17) is 4.74 Å². The van der Waals surface area contributed by atoms with E-state index in [0.717, 1.165) is 47.2 Å². The smallest absolute Gasteiger partial charge is 0.379 e. The highest BCUT2D eigenvalue weighted by molar-refractivity contribution is 5.89. The monoisotopic (exact) mass is 378 g/mol. The lowest BCUT2D eigenvalue weighted by molar-refractivity contribution is -0.277. The van der Waals surface area contributed by atoms with Gasteiger partial charge in [-0.25, -0.2) is 0 Å². The summed E-state index contributed by atoms with van der Waals surface area (Å²) in [7, 11) is 0. The Morgan fingerprint density at radius 1 is 1.19 bits per heavy atom. The molecule has 0 amide bonds. The highest BCUT2D eigenvalue weighted by Crippen LogP contribution is 2.46. The Kier molecular flexibility index (Phi) is 5.12. The van der Waals surface area contributed by atoms with Crippen molar-refractivity contribution in [2.24, 2.45) is 0 Å². The maximum Gasteiger partial charge on any atom is 0.419 e. The molecule has 1 unspecified atom stereocenters. The molecule has 0 heterocycles. The maximum absolute atomic E-state index is 13.1. The molecule has 1 fully saturated rings. The lowest BCUT2D eigenvalue weighted by Gasteiger charge is -2.35. The van der Waals surface area contributed by atoms with Gasteiger partial charge in [-0.2, -0.15) is 13.2 Å². The van der Waals surface area contributed by atoms with Gasteiger partial charge in [-0.15, -0.1) is 0 Å². The lowest BCUT2D eigenvalue weighted by atomic mass is 9.86. The van der Waals surface area contributed by atoms with Crippen LogP contribution in [-0.4, -0.2) is 23.5 Å². The summed E-state index contributed by atoms with van der Waals surface area (Å²) in [5, 5.41) is 11.8. The molecule has 0 radical (unpaired) electrons. The predicted molar refractivity (Wildman–Crippen MR) is 101 cm³/mol. The number of aliphatic hydroxyl groups is 1. The molecular formula is C22H25F3O2. The van der Waals surface area contributed by atoms with Crippen LogP contribution in [0.5, 0.6) is 0 Å². The highest BCUT2D eigenvalue weighted by atomic mass is 19.4. The average molecular weight is 378 g/mol. The minimum absolute atomic E-state index is 0.636. The third-order valence-electron chi connectivity index (χ3n) is 5.52. The fraction of sp³-hybridized carbons (Fsp3) is 0.455. The molecular weight excluding hydrogens is 353 g/mol. The lowest BCUT2D eigenvalue weighted by Crippen LogP contribution is -2.48. The van der Waals surface area contributed by atoms with E-state index in [1.54, 1.807) is 0 Å². The number of allylic oxidation sites excluding steroid dienone is 1. The van der Waals surface area contributed by atoms with Gasteiger partial charge in [-0.3, -0.25) is 0 Å². The van der Waals surface area contributed by atoms with Crippen LogP contribution in [0.15, 0.2) is 43.0 Å². The standard InChI is InChI=1S/C22H25F3O2/c1-15(2)17-10-9-16-7-6-8-19(18(16)13-17)21(11-4-5-12-21)27-14-20(3,26)22(23,24)25/h6-10,13,26H,1,4-5,11-12,14H2,2-3H3. The van der Waals surface area contributed by atoms with Crippen molar-refractivity contribution in [3.05, 3.63) is 54.1 Å². The largest absolute Gasteiger partial charge is 0.419 e.